The van der Waals surface area contributed by atoms with Crippen LogP contribution in [0.5, 0.6) is 11.5 Å². The molecule has 0 unspecified atom stereocenters. The predicted octanol–water partition coefficient (Wildman–Crippen LogP) is 3.90. The third-order valence-electron chi connectivity index (χ3n) is 4.68. The van der Waals surface area contributed by atoms with Crippen LogP contribution in [-0.4, -0.2) is 61.5 Å². The van der Waals surface area contributed by atoms with Gasteiger partial charge in [0.15, 0.2) is 16.7 Å². The summed E-state index contributed by atoms with van der Waals surface area (Å²) in [5, 5.41) is 13.8. The standard InChI is InChI=1S/C21H29N5O2S/c1-6-26(7-2)12-8-11-23-20-16(14-22)19(24-21(25-20)29-5)15-9-10-17(27-3)18(13-15)28-4/h9-10,13H,6-8,11-12H2,1-5H3,(H,23,24,25). The van der Waals surface area contributed by atoms with Crippen LogP contribution < -0.4 is 14.8 Å². The zero-order valence-electron chi connectivity index (χ0n) is 17.8. The minimum absolute atomic E-state index is 0.429. The fourth-order valence-electron chi connectivity index (χ4n) is 3.01. The number of aromatic nitrogens is 2. The first-order chi connectivity index (χ1) is 14.1. The second-order valence-electron chi connectivity index (χ2n) is 6.27. The molecule has 0 saturated carbocycles. The van der Waals surface area contributed by atoms with Gasteiger partial charge in [-0.15, -0.1) is 0 Å². The van der Waals surface area contributed by atoms with Crippen LogP contribution in [0.4, 0.5) is 5.82 Å². The molecule has 156 valence electrons. The van der Waals surface area contributed by atoms with Crippen molar-refractivity contribution in [3.8, 4) is 28.8 Å². The van der Waals surface area contributed by atoms with Crippen molar-refractivity contribution in [2.75, 3.05) is 52.0 Å². The van der Waals surface area contributed by atoms with Crippen LogP contribution in [0.25, 0.3) is 11.3 Å². The van der Waals surface area contributed by atoms with Gasteiger partial charge in [0, 0.05) is 12.1 Å². The number of nitrogens with one attached hydrogen (secondary N) is 1. The molecule has 2 aromatic rings. The number of ether oxygens (including phenoxy) is 2. The quantitative estimate of drug-likeness (QED) is 0.336. The highest BCUT2D eigenvalue weighted by atomic mass is 32.2. The molecule has 0 aliphatic carbocycles. The third-order valence-corrected chi connectivity index (χ3v) is 5.23. The van der Waals surface area contributed by atoms with Crippen molar-refractivity contribution in [2.24, 2.45) is 0 Å². The summed E-state index contributed by atoms with van der Waals surface area (Å²) in [6.07, 6.45) is 2.89. The average Bonchev–Trinajstić information content (AvgIpc) is 2.77. The van der Waals surface area contributed by atoms with Crippen molar-refractivity contribution in [2.45, 2.75) is 25.4 Å². The minimum atomic E-state index is 0.429. The lowest BCUT2D eigenvalue weighted by atomic mass is 10.1. The summed E-state index contributed by atoms with van der Waals surface area (Å²) in [7, 11) is 3.18. The molecule has 8 heteroatoms. The molecule has 0 saturated heterocycles. The summed E-state index contributed by atoms with van der Waals surface area (Å²) < 4.78 is 10.7. The van der Waals surface area contributed by atoms with Crippen LogP contribution in [0.1, 0.15) is 25.8 Å². The van der Waals surface area contributed by atoms with E-state index in [4.69, 9.17) is 9.47 Å². The Morgan fingerprint density at radius 1 is 1.14 bits per heavy atom. The summed E-state index contributed by atoms with van der Waals surface area (Å²) in [6.45, 7) is 8.14. The Labute approximate surface area is 177 Å². The molecule has 0 spiro atoms. The van der Waals surface area contributed by atoms with E-state index in [1.807, 2.05) is 24.5 Å². The summed E-state index contributed by atoms with van der Waals surface area (Å²) in [6, 6.07) is 7.79. The van der Waals surface area contributed by atoms with Gasteiger partial charge in [-0.1, -0.05) is 25.6 Å². The van der Waals surface area contributed by atoms with Gasteiger partial charge < -0.3 is 19.7 Å². The van der Waals surface area contributed by atoms with Crippen molar-refractivity contribution >= 4 is 17.6 Å². The van der Waals surface area contributed by atoms with E-state index in [0.717, 1.165) is 38.2 Å². The predicted molar refractivity (Wildman–Crippen MR) is 118 cm³/mol. The Hall–Kier alpha value is -2.50. The van der Waals surface area contributed by atoms with Gasteiger partial charge in [-0.25, -0.2) is 9.97 Å². The van der Waals surface area contributed by atoms with E-state index in [1.165, 1.54) is 11.8 Å². The zero-order chi connectivity index (χ0) is 21.2. The maximum Gasteiger partial charge on any atom is 0.189 e. The van der Waals surface area contributed by atoms with Gasteiger partial charge in [0.1, 0.15) is 17.5 Å². The lowest BCUT2D eigenvalue weighted by Gasteiger charge is -2.18. The van der Waals surface area contributed by atoms with Gasteiger partial charge in [0.2, 0.25) is 0 Å². The van der Waals surface area contributed by atoms with Gasteiger partial charge in [0.25, 0.3) is 0 Å². The molecule has 29 heavy (non-hydrogen) atoms. The number of hydrogen-bond acceptors (Lipinski definition) is 8. The molecule has 0 aliphatic rings. The van der Waals surface area contributed by atoms with Crippen LogP contribution in [0.2, 0.25) is 0 Å². The molecule has 2 rings (SSSR count). The Bertz CT molecular complexity index is 850. The smallest absolute Gasteiger partial charge is 0.189 e. The van der Waals surface area contributed by atoms with Crippen molar-refractivity contribution in [1.82, 2.24) is 14.9 Å². The number of methoxy groups -OCH3 is 2. The van der Waals surface area contributed by atoms with Crippen molar-refractivity contribution in [1.29, 1.82) is 5.26 Å². The molecule has 0 amide bonds. The van der Waals surface area contributed by atoms with Crippen molar-refractivity contribution in [3.63, 3.8) is 0 Å². The summed E-state index contributed by atoms with van der Waals surface area (Å²) >= 11 is 1.44. The SMILES string of the molecule is CCN(CC)CCCNc1nc(SC)nc(-c2ccc(OC)c(OC)c2)c1C#N. The summed E-state index contributed by atoms with van der Waals surface area (Å²) in [4.78, 5) is 11.5. The Balaban J connectivity index is 2.34. The van der Waals surface area contributed by atoms with Crippen LogP contribution in [-0.2, 0) is 0 Å². The summed E-state index contributed by atoms with van der Waals surface area (Å²) in [5.74, 6) is 1.78. The molecule has 0 fully saturated rings. The molecule has 1 N–H and O–H groups in total. The molecule has 0 radical (unpaired) electrons. The molecule has 7 nitrogen and oxygen atoms in total. The molecule has 1 heterocycles. The van der Waals surface area contributed by atoms with Crippen molar-refractivity contribution < 1.29 is 9.47 Å². The van der Waals surface area contributed by atoms with Gasteiger partial charge in [-0.3, -0.25) is 0 Å². The first-order valence-corrected chi connectivity index (χ1v) is 10.9. The minimum Gasteiger partial charge on any atom is -0.493 e. The number of anilines is 1. The number of hydrogen-bond donors (Lipinski definition) is 1. The highest BCUT2D eigenvalue weighted by molar-refractivity contribution is 7.98. The lowest BCUT2D eigenvalue weighted by molar-refractivity contribution is 0.303. The monoisotopic (exact) mass is 415 g/mol. The molecule has 0 bridgehead atoms. The molecule has 1 aromatic heterocycles. The van der Waals surface area contributed by atoms with Crippen LogP contribution in [0, 0.1) is 11.3 Å². The Morgan fingerprint density at radius 2 is 1.86 bits per heavy atom. The fourth-order valence-corrected chi connectivity index (χ4v) is 3.37. The highest BCUT2D eigenvalue weighted by Gasteiger charge is 2.17. The second-order valence-corrected chi connectivity index (χ2v) is 7.04. The first kappa shape index (κ1) is 22.8. The topological polar surface area (TPSA) is 83.3 Å². The number of nitriles is 1. The lowest BCUT2D eigenvalue weighted by Crippen LogP contribution is -2.25. The van der Waals surface area contributed by atoms with Crippen LogP contribution in [0.3, 0.4) is 0 Å². The average molecular weight is 416 g/mol. The van der Waals surface area contributed by atoms with Gasteiger partial charge in [-0.05, 0) is 50.5 Å². The van der Waals surface area contributed by atoms with Gasteiger partial charge in [0.05, 0.1) is 19.9 Å². The van der Waals surface area contributed by atoms with Crippen LogP contribution in [0.15, 0.2) is 23.4 Å². The second kappa shape index (κ2) is 11.5. The van der Waals surface area contributed by atoms with E-state index >= 15 is 0 Å². The van der Waals surface area contributed by atoms with Crippen molar-refractivity contribution in [3.05, 3.63) is 23.8 Å². The molecule has 0 atom stereocenters. The molecule has 0 aliphatic heterocycles. The first-order valence-electron chi connectivity index (χ1n) is 9.66. The van der Waals surface area contributed by atoms with Gasteiger partial charge in [-0.2, -0.15) is 5.26 Å². The van der Waals surface area contributed by atoms with E-state index in [-0.39, 0.29) is 0 Å². The number of benzene rings is 1. The van der Waals surface area contributed by atoms with Crippen LogP contribution >= 0.6 is 11.8 Å². The van der Waals surface area contributed by atoms with E-state index in [1.54, 1.807) is 14.2 Å². The zero-order valence-corrected chi connectivity index (χ0v) is 18.6. The maximum absolute atomic E-state index is 9.83. The van der Waals surface area contributed by atoms with E-state index in [2.05, 4.69) is 40.1 Å². The number of thioether (sulfide) groups is 1. The number of rotatable bonds is 11. The summed E-state index contributed by atoms with van der Waals surface area (Å²) in [5.41, 5.74) is 1.79. The Kier molecular flexibility index (Phi) is 9.03. The highest BCUT2D eigenvalue weighted by Crippen LogP contribution is 2.34. The number of nitrogens with zero attached hydrogens (tertiary/aromatic N) is 4. The Morgan fingerprint density at radius 3 is 2.45 bits per heavy atom. The molecule has 1 aromatic carbocycles. The van der Waals surface area contributed by atoms with E-state index in [0.29, 0.717) is 33.7 Å². The van der Waals surface area contributed by atoms with E-state index < -0.39 is 0 Å². The normalized spacial score (nSPS) is 10.7. The largest absolute Gasteiger partial charge is 0.493 e. The fraction of sp³-hybridized carbons (Fsp3) is 0.476. The molecular weight excluding hydrogens is 386 g/mol. The maximum atomic E-state index is 9.83. The van der Waals surface area contributed by atoms with Gasteiger partial charge >= 0.3 is 0 Å². The third kappa shape index (κ3) is 5.75. The van der Waals surface area contributed by atoms with E-state index in [9.17, 15) is 5.26 Å². The molecular formula is C21H29N5O2S.